The SMILES string of the molecule is Nc1ncc(Cl)cc1-c1cc(Br)ccc1F. The van der Waals surface area contributed by atoms with Crippen molar-refractivity contribution < 1.29 is 4.39 Å². The molecule has 0 spiro atoms. The fourth-order valence-electron chi connectivity index (χ4n) is 1.37. The Morgan fingerprint density at radius 3 is 2.75 bits per heavy atom. The van der Waals surface area contributed by atoms with Gasteiger partial charge in [-0.1, -0.05) is 27.5 Å². The highest BCUT2D eigenvalue weighted by Crippen LogP contribution is 2.31. The highest BCUT2D eigenvalue weighted by Gasteiger charge is 2.10. The normalized spacial score (nSPS) is 10.4. The minimum absolute atomic E-state index is 0.251. The van der Waals surface area contributed by atoms with E-state index in [-0.39, 0.29) is 11.6 Å². The lowest BCUT2D eigenvalue weighted by Gasteiger charge is -2.07. The molecule has 1 aromatic heterocycles. The molecule has 0 saturated heterocycles. The van der Waals surface area contributed by atoms with E-state index in [1.807, 2.05) is 0 Å². The zero-order valence-corrected chi connectivity index (χ0v) is 10.4. The van der Waals surface area contributed by atoms with Crippen molar-refractivity contribution in [2.75, 3.05) is 5.73 Å². The first kappa shape index (κ1) is 11.4. The molecule has 0 saturated carbocycles. The molecular weight excluding hydrogens is 294 g/mol. The molecule has 0 aliphatic heterocycles. The first-order valence-corrected chi connectivity index (χ1v) is 5.61. The molecule has 0 aliphatic rings. The molecule has 1 heterocycles. The number of nitrogens with zero attached hydrogens (tertiary/aromatic N) is 1. The van der Waals surface area contributed by atoms with Gasteiger partial charge in [0.1, 0.15) is 11.6 Å². The summed E-state index contributed by atoms with van der Waals surface area (Å²) in [4.78, 5) is 3.89. The van der Waals surface area contributed by atoms with Gasteiger partial charge >= 0.3 is 0 Å². The van der Waals surface area contributed by atoms with Crippen molar-refractivity contribution in [3.63, 3.8) is 0 Å². The number of anilines is 1. The van der Waals surface area contributed by atoms with E-state index in [0.717, 1.165) is 4.47 Å². The minimum atomic E-state index is -0.362. The van der Waals surface area contributed by atoms with Gasteiger partial charge in [-0.25, -0.2) is 9.37 Å². The van der Waals surface area contributed by atoms with Crippen molar-refractivity contribution in [3.8, 4) is 11.1 Å². The maximum Gasteiger partial charge on any atom is 0.131 e. The Balaban J connectivity index is 2.66. The standard InChI is InChI=1S/C11H7BrClFN2/c12-6-1-2-10(14)8(3-6)9-4-7(13)5-16-11(9)15/h1-5H,(H2,15,16). The van der Waals surface area contributed by atoms with Crippen LogP contribution in [0.4, 0.5) is 10.2 Å². The van der Waals surface area contributed by atoms with Crippen molar-refractivity contribution >= 4 is 33.3 Å². The molecule has 0 radical (unpaired) electrons. The Bertz CT molecular complexity index is 496. The summed E-state index contributed by atoms with van der Waals surface area (Å²) >= 11 is 9.08. The Labute approximate surface area is 105 Å². The molecule has 1 aromatic carbocycles. The van der Waals surface area contributed by atoms with Crippen LogP contribution < -0.4 is 5.73 Å². The van der Waals surface area contributed by atoms with Gasteiger partial charge in [-0.15, -0.1) is 0 Å². The minimum Gasteiger partial charge on any atom is -0.383 e. The summed E-state index contributed by atoms with van der Waals surface area (Å²) in [5, 5.41) is 0.420. The number of pyridine rings is 1. The van der Waals surface area contributed by atoms with E-state index in [9.17, 15) is 4.39 Å². The van der Waals surface area contributed by atoms with E-state index in [1.165, 1.54) is 12.3 Å². The average molecular weight is 302 g/mol. The fraction of sp³-hybridized carbons (Fsp3) is 0. The predicted molar refractivity (Wildman–Crippen MR) is 66.8 cm³/mol. The van der Waals surface area contributed by atoms with Crippen LogP contribution in [0, 0.1) is 5.82 Å². The first-order valence-electron chi connectivity index (χ1n) is 4.44. The number of halogens is 3. The van der Waals surface area contributed by atoms with Crippen LogP contribution in [0.2, 0.25) is 5.02 Å². The van der Waals surface area contributed by atoms with Crippen LogP contribution in [0.15, 0.2) is 34.9 Å². The number of hydrogen-bond acceptors (Lipinski definition) is 2. The van der Waals surface area contributed by atoms with Crippen LogP contribution in [0.5, 0.6) is 0 Å². The average Bonchev–Trinajstić information content (AvgIpc) is 2.25. The monoisotopic (exact) mass is 300 g/mol. The number of rotatable bonds is 1. The van der Waals surface area contributed by atoms with E-state index in [1.54, 1.807) is 18.2 Å². The van der Waals surface area contributed by atoms with Crippen LogP contribution in [0.25, 0.3) is 11.1 Å². The third kappa shape index (κ3) is 2.18. The second-order valence-electron chi connectivity index (χ2n) is 3.21. The van der Waals surface area contributed by atoms with Crippen LogP contribution in [0.3, 0.4) is 0 Å². The van der Waals surface area contributed by atoms with E-state index < -0.39 is 0 Å². The number of benzene rings is 1. The van der Waals surface area contributed by atoms with Gasteiger partial charge in [0.2, 0.25) is 0 Å². The molecule has 0 bridgehead atoms. The third-order valence-corrected chi connectivity index (χ3v) is 2.80. The van der Waals surface area contributed by atoms with Crippen molar-refractivity contribution in [1.82, 2.24) is 4.98 Å². The van der Waals surface area contributed by atoms with Crippen molar-refractivity contribution in [3.05, 3.63) is 45.8 Å². The molecule has 5 heteroatoms. The largest absolute Gasteiger partial charge is 0.383 e. The Hall–Kier alpha value is -1.13. The van der Waals surface area contributed by atoms with E-state index >= 15 is 0 Å². The Morgan fingerprint density at radius 1 is 1.25 bits per heavy atom. The predicted octanol–water partition coefficient (Wildman–Crippen LogP) is 3.89. The molecule has 82 valence electrons. The second-order valence-corrected chi connectivity index (χ2v) is 4.56. The first-order chi connectivity index (χ1) is 7.58. The molecule has 2 aromatic rings. The molecule has 16 heavy (non-hydrogen) atoms. The maximum atomic E-state index is 13.6. The molecule has 0 atom stereocenters. The third-order valence-electron chi connectivity index (χ3n) is 2.10. The molecule has 0 fully saturated rings. The van der Waals surface area contributed by atoms with Crippen molar-refractivity contribution in [2.45, 2.75) is 0 Å². The van der Waals surface area contributed by atoms with Crippen LogP contribution >= 0.6 is 27.5 Å². The van der Waals surface area contributed by atoms with Crippen molar-refractivity contribution in [2.24, 2.45) is 0 Å². The zero-order chi connectivity index (χ0) is 11.7. The van der Waals surface area contributed by atoms with Gasteiger partial charge in [-0.2, -0.15) is 0 Å². The van der Waals surface area contributed by atoms with E-state index in [2.05, 4.69) is 20.9 Å². The Morgan fingerprint density at radius 2 is 2.00 bits per heavy atom. The van der Waals surface area contributed by atoms with Gasteiger partial charge in [-0.05, 0) is 24.3 Å². The molecule has 2 rings (SSSR count). The Kier molecular flexibility index (Phi) is 3.12. The number of aromatic nitrogens is 1. The van der Waals surface area contributed by atoms with Crippen molar-refractivity contribution in [1.29, 1.82) is 0 Å². The highest BCUT2D eigenvalue weighted by molar-refractivity contribution is 9.10. The summed E-state index contributed by atoms with van der Waals surface area (Å²) in [6.45, 7) is 0. The summed E-state index contributed by atoms with van der Waals surface area (Å²) in [5.41, 5.74) is 6.56. The summed E-state index contributed by atoms with van der Waals surface area (Å²) in [6.07, 6.45) is 1.43. The van der Waals surface area contributed by atoms with E-state index in [0.29, 0.717) is 16.1 Å². The lowest BCUT2D eigenvalue weighted by molar-refractivity contribution is 0.631. The van der Waals surface area contributed by atoms with Crippen LogP contribution in [-0.4, -0.2) is 4.98 Å². The van der Waals surface area contributed by atoms with Gasteiger partial charge < -0.3 is 5.73 Å². The van der Waals surface area contributed by atoms with Gasteiger partial charge in [0.05, 0.1) is 5.02 Å². The molecule has 0 aliphatic carbocycles. The van der Waals surface area contributed by atoms with Gasteiger partial charge in [0, 0.05) is 21.8 Å². The molecule has 0 amide bonds. The lowest BCUT2D eigenvalue weighted by atomic mass is 10.1. The van der Waals surface area contributed by atoms with Gasteiger partial charge in [-0.3, -0.25) is 0 Å². The highest BCUT2D eigenvalue weighted by atomic mass is 79.9. The summed E-state index contributed by atoms with van der Waals surface area (Å²) in [6, 6.07) is 6.21. The van der Waals surface area contributed by atoms with E-state index in [4.69, 9.17) is 17.3 Å². The number of nitrogens with two attached hydrogens (primary N) is 1. The molecular formula is C11H7BrClFN2. The van der Waals surface area contributed by atoms with Crippen LogP contribution in [0.1, 0.15) is 0 Å². The lowest BCUT2D eigenvalue weighted by Crippen LogP contribution is -1.95. The molecule has 2 N–H and O–H groups in total. The summed E-state index contributed by atoms with van der Waals surface area (Å²) < 4.78 is 14.4. The zero-order valence-electron chi connectivity index (χ0n) is 8.05. The smallest absolute Gasteiger partial charge is 0.131 e. The number of hydrogen-bond donors (Lipinski definition) is 1. The fourth-order valence-corrected chi connectivity index (χ4v) is 1.89. The van der Waals surface area contributed by atoms with Crippen LogP contribution in [-0.2, 0) is 0 Å². The number of nitrogen functional groups attached to an aromatic ring is 1. The summed E-state index contributed by atoms with van der Waals surface area (Å²) in [5.74, 6) is -0.111. The molecule has 0 unspecified atom stereocenters. The van der Waals surface area contributed by atoms with Gasteiger partial charge in [0.15, 0.2) is 0 Å². The summed E-state index contributed by atoms with van der Waals surface area (Å²) in [7, 11) is 0. The molecule has 2 nitrogen and oxygen atoms in total. The topological polar surface area (TPSA) is 38.9 Å². The maximum absolute atomic E-state index is 13.6. The van der Waals surface area contributed by atoms with Gasteiger partial charge in [0.25, 0.3) is 0 Å². The second kappa shape index (κ2) is 4.39. The quantitative estimate of drug-likeness (QED) is 0.868.